The normalized spacial score (nSPS) is 10.1. The highest BCUT2D eigenvalue weighted by molar-refractivity contribution is 5.87. The number of nitriles is 1. The summed E-state index contributed by atoms with van der Waals surface area (Å²) in [5, 5.41) is 8.58. The molecule has 0 amide bonds. The minimum atomic E-state index is -0.521. The van der Waals surface area contributed by atoms with Crippen LogP contribution < -0.4 is 0 Å². The van der Waals surface area contributed by atoms with Gasteiger partial charge in [-0.15, -0.1) is 0 Å². The fourth-order valence-electron chi connectivity index (χ4n) is 1.19. The van der Waals surface area contributed by atoms with Crippen LogP contribution in [-0.4, -0.2) is 13.1 Å². The van der Waals surface area contributed by atoms with Gasteiger partial charge >= 0.3 is 5.97 Å². The number of nitrogens with zero attached hydrogens (tertiary/aromatic N) is 1. The molecule has 0 bridgehead atoms. The van der Waals surface area contributed by atoms with E-state index in [1.165, 1.54) is 37.5 Å². The Morgan fingerprint density at radius 2 is 2.38 bits per heavy atom. The molecule has 0 saturated carbocycles. The molecule has 1 rings (SSSR count). The second-order valence-corrected chi connectivity index (χ2v) is 3.03. The number of ether oxygens (including phenoxy) is 1. The van der Waals surface area contributed by atoms with Crippen molar-refractivity contribution in [1.82, 2.24) is 0 Å². The minimum absolute atomic E-state index is 0.168. The number of methoxy groups -OCH3 is 1. The Labute approximate surface area is 92.8 Å². The lowest BCUT2D eigenvalue weighted by atomic mass is 10.0. The van der Waals surface area contributed by atoms with Crippen LogP contribution in [0.3, 0.4) is 0 Å². The summed E-state index contributed by atoms with van der Waals surface area (Å²) in [7, 11) is 1.26. The van der Waals surface area contributed by atoms with Gasteiger partial charge in [-0.1, -0.05) is 6.07 Å². The summed E-state index contributed by atoms with van der Waals surface area (Å²) in [6.45, 7) is 0. The van der Waals surface area contributed by atoms with Crippen LogP contribution in [0, 0.1) is 17.1 Å². The van der Waals surface area contributed by atoms with Gasteiger partial charge in [-0.2, -0.15) is 5.26 Å². The Hall–Kier alpha value is -2.15. The van der Waals surface area contributed by atoms with E-state index < -0.39 is 11.8 Å². The molecule has 0 N–H and O–H groups in total. The van der Waals surface area contributed by atoms with Gasteiger partial charge in [-0.3, -0.25) is 0 Å². The van der Waals surface area contributed by atoms with E-state index in [0.29, 0.717) is 11.1 Å². The highest BCUT2D eigenvalue weighted by atomic mass is 19.1. The Morgan fingerprint density at radius 3 is 3.00 bits per heavy atom. The van der Waals surface area contributed by atoms with E-state index in [9.17, 15) is 9.18 Å². The minimum Gasteiger partial charge on any atom is -0.466 e. The van der Waals surface area contributed by atoms with Gasteiger partial charge in [0.25, 0.3) is 0 Å². The highest BCUT2D eigenvalue weighted by Gasteiger charge is 2.02. The molecule has 0 saturated heterocycles. The van der Waals surface area contributed by atoms with Crippen LogP contribution in [0.25, 0.3) is 6.08 Å². The number of carbonyl (C=O) groups excluding carboxylic acids is 1. The Balaban J connectivity index is 3.01. The molecule has 0 atom stereocenters. The van der Waals surface area contributed by atoms with Crippen LogP contribution >= 0.6 is 0 Å². The fourth-order valence-corrected chi connectivity index (χ4v) is 1.19. The second-order valence-electron chi connectivity index (χ2n) is 3.03. The number of carbonyl (C=O) groups is 1. The summed E-state index contributed by atoms with van der Waals surface area (Å²) in [6.07, 6.45) is 2.79. The molecular formula is C12H10FNO2. The molecule has 0 aliphatic heterocycles. The van der Waals surface area contributed by atoms with E-state index in [2.05, 4.69) is 4.74 Å². The Bertz CT molecular complexity index is 461. The van der Waals surface area contributed by atoms with Gasteiger partial charge in [0.15, 0.2) is 0 Å². The predicted molar refractivity (Wildman–Crippen MR) is 56.8 cm³/mol. The molecule has 0 unspecified atom stereocenters. The molecule has 0 radical (unpaired) electrons. The first-order chi connectivity index (χ1) is 7.67. The van der Waals surface area contributed by atoms with E-state index in [1.807, 2.05) is 6.07 Å². The number of esters is 1. The highest BCUT2D eigenvalue weighted by Crippen LogP contribution is 2.13. The van der Waals surface area contributed by atoms with Crippen LogP contribution in [-0.2, 0) is 16.0 Å². The van der Waals surface area contributed by atoms with Crippen LogP contribution in [0.1, 0.15) is 11.1 Å². The molecule has 0 fully saturated rings. The maximum atomic E-state index is 13.0. The maximum Gasteiger partial charge on any atom is 0.330 e. The third kappa shape index (κ3) is 3.21. The standard InChI is InChI=1S/C12H10FNO2/c1-16-12(15)5-3-10-8-11(13)4-2-9(10)6-7-14/h2-5,8H,6H2,1H3. The first kappa shape index (κ1) is 11.9. The zero-order valence-corrected chi connectivity index (χ0v) is 8.74. The molecule has 0 spiro atoms. The summed E-state index contributed by atoms with van der Waals surface area (Å²) >= 11 is 0. The zero-order valence-electron chi connectivity index (χ0n) is 8.74. The molecule has 82 valence electrons. The Morgan fingerprint density at radius 1 is 1.62 bits per heavy atom. The van der Waals surface area contributed by atoms with Gasteiger partial charge in [0, 0.05) is 6.08 Å². The number of benzene rings is 1. The van der Waals surface area contributed by atoms with Crippen molar-refractivity contribution in [2.24, 2.45) is 0 Å². The first-order valence-corrected chi connectivity index (χ1v) is 4.58. The van der Waals surface area contributed by atoms with Crippen molar-refractivity contribution in [3.63, 3.8) is 0 Å². The van der Waals surface area contributed by atoms with Crippen molar-refractivity contribution >= 4 is 12.0 Å². The van der Waals surface area contributed by atoms with Crippen molar-refractivity contribution in [1.29, 1.82) is 5.26 Å². The summed E-state index contributed by atoms with van der Waals surface area (Å²) in [4.78, 5) is 10.9. The largest absolute Gasteiger partial charge is 0.466 e. The van der Waals surface area contributed by atoms with E-state index in [1.54, 1.807) is 0 Å². The summed E-state index contributed by atoms with van der Waals surface area (Å²) in [5.41, 5.74) is 1.18. The van der Waals surface area contributed by atoms with Crippen LogP contribution in [0.15, 0.2) is 24.3 Å². The molecule has 0 aliphatic carbocycles. The number of halogens is 1. The van der Waals surface area contributed by atoms with E-state index in [0.717, 1.165) is 0 Å². The third-order valence-corrected chi connectivity index (χ3v) is 1.98. The lowest BCUT2D eigenvalue weighted by Gasteiger charge is -2.01. The zero-order chi connectivity index (χ0) is 12.0. The van der Waals surface area contributed by atoms with E-state index in [-0.39, 0.29) is 6.42 Å². The van der Waals surface area contributed by atoms with Crippen molar-refractivity contribution in [3.05, 3.63) is 41.2 Å². The molecule has 16 heavy (non-hydrogen) atoms. The maximum absolute atomic E-state index is 13.0. The molecule has 3 nitrogen and oxygen atoms in total. The molecule has 0 heterocycles. The number of hydrogen-bond donors (Lipinski definition) is 0. The van der Waals surface area contributed by atoms with Crippen LogP contribution in [0.2, 0.25) is 0 Å². The van der Waals surface area contributed by atoms with Crippen molar-refractivity contribution in [3.8, 4) is 6.07 Å². The topological polar surface area (TPSA) is 50.1 Å². The van der Waals surface area contributed by atoms with Gasteiger partial charge < -0.3 is 4.74 Å². The summed E-state index contributed by atoms with van der Waals surface area (Å²) in [6, 6.07) is 6.05. The van der Waals surface area contributed by atoms with Gasteiger partial charge in [0.05, 0.1) is 19.6 Å². The van der Waals surface area contributed by atoms with E-state index in [4.69, 9.17) is 5.26 Å². The lowest BCUT2D eigenvalue weighted by Crippen LogP contribution is -1.95. The van der Waals surface area contributed by atoms with E-state index >= 15 is 0 Å². The Kier molecular flexibility index (Phi) is 4.22. The van der Waals surface area contributed by atoms with Crippen molar-refractivity contribution in [2.45, 2.75) is 6.42 Å². The quantitative estimate of drug-likeness (QED) is 0.577. The molecular weight excluding hydrogens is 209 g/mol. The SMILES string of the molecule is COC(=O)C=Cc1cc(F)ccc1CC#N. The first-order valence-electron chi connectivity index (χ1n) is 4.58. The van der Waals surface area contributed by atoms with Crippen LogP contribution in [0.5, 0.6) is 0 Å². The fraction of sp³-hybridized carbons (Fsp3) is 0.167. The second kappa shape index (κ2) is 5.66. The number of hydrogen-bond acceptors (Lipinski definition) is 3. The molecule has 4 heteroatoms. The van der Waals surface area contributed by atoms with Gasteiger partial charge in [0.1, 0.15) is 5.82 Å². The summed E-state index contributed by atoms with van der Waals surface area (Å²) < 4.78 is 17.4. The summed E-state index contributed by atoms with van der Waals surface area (Å²) in [5.74, 6) is -0.932. The molecule has 1 aromatic carbocycles. The van der Waals surface area contributed by atoms with Crippen molar-refractivity contribution < 1.29 is 13.9 Å². The molecule has 0 aromatic heterocycles. The average Bonchev–Trinajstić information content (AvgIpc) is 2.29. The van der Waals surface area contributed by atoms with Gasteiger partial charge in [-0.25, -0.2) is 9.18 Å². The third-order valence-electron chi connectivity index (χ3n) is 1.98. The number of rotatable bonds is 3. The van der Waals surface area contributed by atoms with Gasteiger partial charge in [0.2, 0.25) is 0 Å². The van der Waals surface area contributed by atoms with Crippen LogP contribution in [0.4, 0.5) is 4.39 Å². The van der Waals surface area contributed by atoms with Gasteiger partial charge in [-0.05, 0) is 29.3 Å². The van der Waals surface area contributed by atoms with Crippen molar-refractivity contribution in [2.75, 3.05) is 7.11 Å². The lowest BCUT2D eigenvalue weighted by molar-refractivity contribution is -0.134. The molecule has 0 aliphatic rings. The molecule has 1 aromatic rings. The monoisotopic (exact) mass is 219 g/mol. The smallest absolute Gasteiger partial charge is 0.330 e. The predicted octanol–water partition coefficient (Wildman–Crippen LogP) is 2.08. The average molecular weight is 219 g/mol.